The van der Waals surface area contributed by atoms with E-state index in [-0.39, 0.29) is 17.4 Å². The Hall–Kier alpha value is -4.06. The largest absolute Gasteiger partial charge is 0.507 e. The molecule has 2 heterocycles. The molecule has 6 nitrogen and oxygen atoms in total. The van der Waals surface area contributed by atoms with Gasteiger partial charge in [0.25, 0.3) is 11.7 Å². The van der Waals surface area contributed by atoms with E-state index in [9.17, 15) is 14.7 Å². The van der Waals surface area contributed by atoms with Crippen molar-refractivity contribution in [3.63, 3.8) is 0 Å². The third-order valence-corrected chi connectivity index (χ3v) is 6.68. The van der Waals surface area contributed by atoms with E-state index < -0.39 is 17.7 Å². The van der Waals surface area contributed by atoms with Crippen LogP contribution in [0.15, 0.2) is 78.4 Å². The minimum absolute atomic E-state index is 0.0577. The Labute approximate surface area is 210 Å². The number of amides is 1. The molecule has 184 valence electrons. The van der Waals surface area contributed by atoms with Crippen LogP contribution in [0.2, 0.25) is 0 Å². The molecule has 0 bridgehead atoms. The van der Waals surface area contributed by atoms with Gasteiger partial charge >= 0.3 is 0 Å². The van der Waals surface area contributed by atoms with Crippen molar-refractivity contribution >= 4 is 17.4 Å². The molecule has 1 N–H and O–H groups in total. The van der Waals surface area contributed by atoms with E-state index in [2.05, 4.69) is 0 Å². The van der Waals surface area contributed by atoms with Crippen molar-refractivity contribution in [2.75, 3.05) is 13.2 Å². The van der Waals surface area contributed by atoms with Gasteiger partial charge in [0.2, 0.25) is 0 Å². The Kier molecular flexibility index (Phi) is 6.51. The van der Waals surface area contributed by atoms with Gasteiger partial charge in [-0.3, -0.25) is 9.59 Å². The van der Waals surface area contributed by atoms with E-state index in [1.54, 1.807) is 11.0 Å². The molecule has 2 aliphatic rings. The van der Waals surface area contributed by atoms with Crippen LogP contribution in [0.3, 0.4) is 0 Å². The van der Waals surface area contributed by atoms with Crippen LogP contribution in [0.25, 0.3) is 5.76 Å². The van der Waals surface area contributed by atoms with Gasteiger partial charge in [-0.05, 0) is 67.3 Å². The molecule has 3 aromatic carbocycles. The average molecular weight is 484 g/mol. The molecule has 0 aromatic heterocycles. The Balaban J connectivity index is 1.58. The van der Waals surface area contributed by atoms with E-state index in [0.717, 1.165) is 23.3 Å². The molecular weight excluding hydrogens is 454 g/mol. The van der Waals surface area contributed by atoms with Gasteiger partial charge < -0.3 is 19.5 Å². The van der Waals surface area contributed by atoms with Gasteiger partial charge in [0.1, 0.15) is 23.4 Å². The molecule has 2 aliphatic heterocycles. The molecule has 0 aliphatic carbocycles. The van der Waals surface area contributed by atoms with Crippen molar-refractivity contribution < 1.29 is 24.2 Å². The molecular formula is C30H29NO5. The summed E-state index contributed by atoms with van der Waals surface area (Å²) in [5.74, 6) is -0.0460. The second-order valence-corrected chi connectivity index (χ2v) is 9.19. The zero-order valence-corrected chi connectivity index (χ0v) is 20.4. The van der Waals surface area contributed by atoms with Crippen molar-refractivity contribution in [3.05, 3.63) is 101 Å². The zero-order valence-electron chi connectivity index (χ0n) is 20.4. The smallest absolute Gasteiger partial charge is 0.295 e. The van der Waals surface area contributed by atoms with Crippen LogP contribution in [-0.2, 0) is 22.4 Å². The number of Topliss-reactive ketones (excluding diaryl/α,β-unsaturated/α-hetero) is 1. The third-order valence-electron chi connectivity index (χ3n) is 6.68. The zero-order chi connectivity index (χ0) is 25.2. The van der Waals surface area contributed by atoms with Gasteiger partial charge in [-0.25, -0.2) is 0 Å². The topological polar surface area (TPSA) is 76.1 Å². The Bertz CT molecular complexity index is 1330. The average Bonchev–Trinajstić information content (AvgIpc) is 3.38. The number of aliphatic hydroxyl groups is 1. The molecule has 36 heavy (non-hydrogen) atoms. The number of benzene rings is 3. The first-order chi connectivity index (χ1) is 17.5. The SMILES string of the molecule is CCOc1cccc(C2/C(=C(/O)c3ccc4c(c3)CC(C)O4)C(=O)C(=O)N2CCc2ccccc2)c1. The van der Waals surface area contributed by atoms with Crippen molar-refractivity contribution in [1.82, 2.24) is 4.90 Å². The summed E-state index contributed by atoms with van der Waals surface area (Å²) in [7, 11) is 0. The number of likely N-dealkylation sites (tertiary alicyclic amines) is 1. The molecule has 2 unspecified atom stereocenters. The van der Waals surface area contributed by atoms with Crippen molar-refractivity contribution in [3.8, 4) is 11.5 Å². The van der Waals surface area contributed by atoms with Crippen LogP contribution in [0.4, 0.5) is 0 Å². The van der Waals surface area contributed by atoms with E-state index in [4.69, 9.17) is 9.47 Å². The number of ether oxygens (including phenoxy) is 2. The Morgan fingerprint density at radius 1 is 1.06 bits per heavy atom. The number of hydrogen-bond acceptors (Lipinski definition) is 5. The lowest BCUT2D eigenvalue weighted by Gasteiger charge is -2.26. The summed E-state index contributed by atoms with van der Waals surface area (Å²) >= 11 is 0. The third kappa shape index (κ3) is 4.47. The molecule has 5 rings (SSSR count). The van der Waals surface area contributed by atoms with Gasteiger partial charge in [0, 0.05) is 18.5 Å². The predicted molar refractivity (Wildman–Crippen MR) is 137 cm³/mol. The number of ketones is 1. The summed E-state index contributed by atoms with van der Waals surface area (Å²) in [6.07, 6.45) is 1.37. The van der Waals surface area contributed by atoms with Crippen molar-refractivity contribution in [1.29, 1.82) is 0 Å². The van der Waals surface area contributed by atoms with E-state index in [0.29, 0.717) is 36.4 Å². The summed E-state index contributed by atoms with van der Waals surface area (Å²) < 4.78 is 11.5. The monoisotopic (exact) mass is 483 g/mol. The summed E-state index contributed by atoms with van der Waals surface area (Å²) in [6, 6.07) is 21.9. The second-order valence-electron chi connectivity index (χ2n) is 9.19. The van der Waals surface area contributed by atoms with Crippen LogP contribution < -0.4 is 9.47 Å². The van der Waals surface area contributed by atoms with Gasteiger partial charge in [-0.1, -0.05) is 42.5 Å². The molecule has 3 aromatic rings. The highest BCUT2D eigenvalue weighted by Gasteiger charge is 2.46. The molecule has 0 saturated carbocycles. The number of carbonyl (C=O) groups is 2. The lowest BCUT2D eigenvalue weighted by Crippen LogP contribution is -2.31. The lowest BCUT2D eigenvalue weighted by atomic mass is 9.94. The standard InChI is InChI=1S/C30H29NO5/c1-3-35-24-11-7-10-21(18-24)27-26(28(32)22-12-13-25-23(17-22)16-19(2)36-25)29(33)30(34)31(27)15-14-20-8-5-4-6-9-20/h4-13,17-19,27,32H,3,14-16H2,1-2H3/b28-26-. The molecule has 6 heteroatoms. The number of nitrogens with zero attached hydrogens (tertiary/aromatic N) is 1. The van der Waals surface area contributed by atoms with Crippen LogP contribution in [0.1, 0.15) is 42.1 Å². The van der Waals surface area contributed by atoms with Crippen molar-refractivity contribution in [2.24, 2.45) is 0 Å². The van der Waals surface area contributed by atoms with Crippen molar-refractivity contribution in [2.45, 2.75) is 38.8 Å². The quantitative estimate of drug-likeness (QED) is 0.288. The molecule has 2 atom stereocenters. The summed E-state index contributed by atoms with van der Waals surface area (Å²) in [4.78, 5) is 28.2. The maximum Gasteiger partial charge on any atom is 0.295 e. The first-order valence-electron chi connectivity index (χ1n) is 12.3. The van der Waals surface area contributed by atoms with Crippen LogP contribution in [-0.4, -0.2) is 41.0 Å². The maximum absolute atomic E-state index is 13.4. The van der Waals surface area contributed by atoms with Gasteiger partial charge in [0.05, 0.1) is 18.2 Å². The highest BCUT2D eigenvalue weighted by atomic mass is 16.5. The molecule has 0 spiro atoms. The minimum atomic E-state index is -0.724. The fraction of sp³-hybridized carbons (Fsp3) is 0.267. The van der Waals surface area contributed by atoms with E-state index in [1.807, 2.05) is 80.6 Å². The van der Waals surface area contributed by atoms with Crippen LogP contribution >= 0.6 is 0 Å². The molecule has 0 radical (unpaired) electrons. The molecule has 1 amide bonds. The summed E-state index contributed by atoms with van der Waals surface area (Å²) in [5, 5.41) is 11.4. The first-order valence-corrected chi connectivity index (χ1v) is 12.3. The molecule has 1 saturated heterocycles. The second kappa shape index (κ2) is 9.90. The maximum atomic E-state index is 13.4. The van der Waals surface area contributed by atoms with Gasteiger partial charge in [0.15, 0.2) is 0 Å². The fourth-order valence-corrected chi connectivity index (χ4v) is 5.02. The number of hydrogen-bond donors (Lipinski definition) is 1. The van der Waals surface area contributed by atoms with Gasteiger partial charge in [-0.15, -0.1) is 0 Å². The normalized spacial score (nSPS) is 20.3. The predicted octanol–water partition coefficient (Wildman–Crippen LogP) is 5.07. The minimum Gasteiger partial charge on any atom is -0.507 e. The highest BCUT2D eigenvalue weighted by molar-refractivity contribution is 6.46. The van der Waals surface area contributed by atoms with Crippen LogP contribution in [0.5, 0.6) is 11.5 Å². The summed E-state index contributed by atoms with van der Waals surface area (Å²) in [5.41, 5.74) is 3.34. The fourth-order valence-electron chi connectivity index (χ4n) is 5.02. The summed E-state index contributed by atoms with van der Waals surface area (Å²) in [6.45, 7) is 4.72. The number of rotatable bonds is 7. The van der Waals surface area contributed by atoms with E-state index >= 15 is 0 Å². The highest BCUT2D eigenvalue weighted by Crippen LogP contribution is 2.41. The first kappa shape index (κ1) is 23.7. The Morgan fingerprint density at radius 2 is 1.86 bits per heavy atom. The number of carbonyl (C=O) groups excluding carboxylic acids is 2. The number of fused-ring (bicyclic) bond motifs is 1. The van der Waals surface area contributed by atoms with E-state index in [1.165, 1.54) is 0 Å². The van der Waals surface area contributed by atoms with Gasteiger partial charge in [-0.2, -0.15) is 0 Å². The van der Waals surface area contributed by atoms with Crippen LogP contribution in [0, 0.1) is 0 Å². The molecule has 1 fully saturated rings. The lowest BCUT2D eigenvalue weighted by molar-refractivity contribution is -0.139. The Morgan fingerprint density at radius 3 is 2.64 bits per heavy atom. The number of aliphatic hydroxyl groups excluding tert-OH is 1.